The fourth-order valence-corrected chi connectivity index (χ4v) is 2.02. The van der Waals surface area contributed by atoms with Crippen LogP contribution in [0, 0.1) is 17.6 Å². The zero-order chi connectivity index (χ0) is 14.5. The average molecular weight is 283 g/mol. The first-order chi connectivity index (χ1) is 9.60. The Hall–Kier alpha value is -1.49. The van der Waals surface area contributed by atoms with Crippen molar-refractivity contribution in [2.75, 3.05) is 13.2 Å². The van der Waals surface area contributed by atoms with Crippen molar-refractivity contribution in [1.29, 1.82) is 0 Å². The van der Waals surface area contributed by atoms with Crippen molar-refractivity contribution in [3.63, 3.8) is 0 Å². The second-order valence-corrected chi connectivity index (χ2v) is 5.15. The summed E-state index contributed by atoms with van der Waals surface area (Å²) in [5, 5.41) is 2.67. The lowest BCUT2D eigenvalue weighted by Crippen LogP contribution is -2.32. The van der Waals surface area contributed by atoms with Crippen molar-refractivity contribution in [1.82, 2.24) is 5.32 Å². The third kappa shape index (κ3) is 4.27. The number of hydrogen-bond donors (Lipinski definition) is 1. The van der Waals surface area contributed by atoms with Gasteiger partial charge in [0.05, 0.1) is 12.6 Å². The van der Waals surface area contributed by atoms with Crippen molar-refractivity contribution >= 4 is 5.91 Å². The number of hydrogen-bond acceptors (Lipinski definition) is 2. The van der Waals surface area contributed by atoms with Gasteiger partial charge in [-0.3, -0.25) is 4.79 Å². The third-order valence-corrected chi connectivity index (χ3v) is 3.36. The van der Waals surface area contributed by atoms with Gasteiger partial charge >= 0.3 is 0 Å². The highest BCUT2D eigenvalue weighted by Gasteiger charge is 2.22. The van der Waals surface area contributed by atoms with Crippen molar-refractivity contribution < 1.29 is 18.3 Å². The molecule has 0 bridgehead atoms. The van der Waals surface area contributed by atoms with Crippen molar-refractivity contribution in [2.24, 2.45) is 5.92 Å². The summed E-state index contributed by atoms with van der Waals surface area (Å²) < 4.78 is 32.1. The summed E-state index contributed by atoms with van der Waals surface area (Å²) in [6, 6.07) is 2.71. The summed E-state index contributed by atoms with van der Waals surface area (Å²) in [4.78, 5) is 11.7. The highest BCUT2D eigenvalue weighted by molar-refractivity contribution is 5.77. The lowest BCUT2D eigenvalue weighted by molar-refractivity contribution is -0.126. The van der Waals surface area contributed by atoms with Crippen molar-refractivity contribution in [3.05, 3.63) is 35.4 Å². The van der Waals surface area contributed by atoms with Crippen LogP contribution in [0.25, 0.3) is 0 Å². The minimum atomic E-state index is -0.539. The SMILES string of the molecule is CCC(NC(=O)COCC1CC1)c1cc(F)ccc1F. The number of halogens is 2. The van der Waals surface area contributed by atoms with Crippen LogP contribution in [0.5, 0.6) is 0 Å². The fourth-order valence-electron chi connectivity index (χ4n) is 2.02. The van der Waals surface area contributed by atoms with E-state index in [0.717, 1.165) is 31.0 Å². The molecule has 20 heavy (non-hydrogen) atoms. The minimum absolute atomic E-state index is 0.0378. The van der Waals surface area contributed by atoms with Gasteiger partial charge in [-0.05, 0) is 43.4 Å². The molecule has 1 aromatic rings. The molecule has 1 aromatic carbocycles. The molecule has 0 saturated heterocycles. The lowest BCUT2D eigenvalue weighted by Gasteiger charge is -2.18. The Kier molecular flexibility index (Phi) is 5.06. The molecule has 1 aliphatic rings. The molecular formula is C15H19F2NO2. The first kappa shape index (κ1) is 14.9. The van der Waals surface area contributed by atoms with Gasteiger partial charge in [0.2, 0.25) is 5.91 Å². The van der Waals surface area contributed by atoms with Gasteiger partial charge in [0.15, 0.2) is 0 Å². The van der Waals surface area contributed by atoms with Crippen LogP contribution in [0.4, 0.5) is 8.78 Å². The standard InChI is InChI=1S/C15H19F2NO2/c1-2-14(12-7-11(16)5-6-13(12)17)18-15(19)9-20-8-10-3-4-10/h5-7,10,14H,2-4,8-9H2,1H3,(H,18,19). The largest absolute Gasteiger partial charge is 0.371 e. The maximum absolute atomic E-state index is 13.7. The molecule has 1 saturated carbocycles. The van der Waals surface area contributed by atoms with Gasteiger partial charge in [0.1, 0.15) is 18.2 Å². The average Bonchev–Trinajstić information content (AvgIpc) is 3.23. The molecule has 1 N–H and O–H groups in total. The molecule has 2 rings (SSSR count). The van der Waals surface area contributed by atoms with Crippen molar-refractivity contribution in [2.45, 2.75) is 32.2 Å². The second-order valence-electron chi connectivity index (χ2n) is 5.15. The normalized spacial score (nSPS) is 15.9. The van der Waals surface area contributed by atoms with Crippen LogP contribution >= 0.6 is 0 Å². The fraction of sp³-hybridized carbons (Fsp3) is 0.533. The number of rotatable bonds is 7. The first-order valence-corrected chi connectivity index (χ1v) is 6.92. The molecule has 5 heteroatoms. The highest BCUT2D eigenvalue weighted by atomic mass is 19.1. The van der Waals surface area contributed by atoms with Gasteiger partial charge in [-0.25, -0.2) is 8.78 Å². The molecule has 1 aliphatic carbocycles. The quantitative estimate of drug-likeness (QED) is 0.835. The number of benzene rings is 1. The van der Waals surface area contributed by atoms with E-state index in [1.807, 2.05) is 0 Å². The van der Waals surface area contributed by atoms with E-state index in [-0.39, 0.29) is 18.1 Å². The topological polar surface area (TPSA) is 38.3 Å². The summed E-state index contributed by atoms with van der Waals surface area (Å²) in [5.41, 5.74) is 0.169. The maximum Gasteiger partial charge on any atom is 0.246 e. The van der Waals surface area contributed by atoms with E-state index in [1.54, 1.807) is 6.92 Å². The first-order valence-electron chi connectivity index (χ1n) is 6.92. The van der Waals surface area contributed by atoms with Gasteiger partial charge in [0, 0.05) is 5.56 Å². The van der Waals surface area contributed by atoms with Crippen LogP contribution in [0.15, 0.2) is 18.2 Å². The van der Waals surface area contributed by atoms with Crippen molar-refractivity contribution in [3.8, 4) is 0 Å². The van der Waals surface area contributed by atoms with Crippen LogP contribution in [0.1, 0.15) is 37.8 Å². The summed E-state index contributed by atoms with van der Waals surface area (Å²) in [7, 11) is 0. The van der Waals surface area contributed by atoms with Gasteiger partial charge in [-0.2, -0.15) is 0 Å². The second kappa shape index (κ2) is 6.79. The minimum Gasteiger partial charge on any atom is -0.371 e. The van der Waals surface area contributed by atoms with E-state index < -0.39 is 17.7 Å². The van der Waals surface area contributed by atoms with Crippen LogP contribution in [-0.2, 0) is 9.53 Å². The smallest absolute Gasteiger partial charge is 0.246 e. The van der Waals surface area contributed by atoms with Gasteiger partial charge in [-0.1, -0.05) is 6.92 Å². The molecule has 0 aliphatic heterocycles. The Labute approximate surface area is 117 Å². The number of carbonyl (C=O) groups excluding carboxylic acids is 1. The molecule has 1 fully saturated rings. The lowest BCUT2D eigenvalue weighted by atomic mass is 10.0. The molecule has 0 spiro atoms. The van der Waals surface area contributed by atoms with Gasteiger partial charge in [0.25, 0.3) is 0 Å². The molecular weight excluding hydrogens is 264 g/mol. The van der Waals surface area contributed by atoms with E-state index in [9.17, 15) is 13.6 Å². The van der Waals surface area contributed by atoms with Crippen LogP contribution < -0.4 is 5.32 Å². The molecule has 1 unspecified atom stereocenters. The number of ether oxygens (including phenoxy) is 1. The number of nitrogens with one attached hydrogen (secondary N) is 1. The van der Waals surface area contributed by atoms with Crippen LogP contribution in [0.3, 0.4) is 0 Å². The third-order valence-electron chi connectivity index (χ3n) is 3.36. The molecule has 3 nitrogen and oxygen atoms in total. The predicted molar refractivity (Wildman–Crippen MR) is 71.1 cm³/mol. The molecule has 0 aromatic heterocycles. The van der Waals surface area contributed by atoms with Crippen LogP contribution in [0.2, 0.25) is 0 Å². The zero-order valence-corrected chi connectivity index (χ0v) is 11.5. The monoisotopic (exact) mass is 283 g/mol. The molecule has 110 valence electrons. The Morgan fingerprint density at radius 1 is 1.45 bits per heavy atom. The van der Waals surface area contributed by atoms with Gasteiger partial charge in [-0.15, -0.1) is 0 Å². The zero-order valence-electron chi connectivity index (χ0n) is 11.5. The van der Waals surface area contributed by atoms with E-state index >= 15 is 0 Å². The Morgan fingerprint density at radius 3 is 2.85 bits per heavy atom. The summed E-state index contributed by atoms with van der Waals surface area (Å²) in [6.07, 6.45) is 2.80. The molecule has 0 radical (unpaired) electrons. The molecule has 0 heterocycles. The highest BCUT2D eigenvalue weighted by Crippen LogP contribution is 2.28. The Bertz CT molecular complexity index is 475. The van der Waals surface area contributed by atoms with Gasteiger partial charge < -0.3 is 10.1 Å². The van der Waals surface area contributed by atoms with E-state index in [1.165, 1.54) is 0 Å². The van der Waals surface area contributed by atoms with Crippen LogP contribution in [-0.4, -0.2) is 19.1 Å². The van der Waals surface area contributed by atoms with E-state index in [2.05, 4.69) is 5.32 Å². The van der Waals surface area contributed by atoms with E-state index in [4.69, 9.17) is 4.74 Å². The summed E-state index contributed by atoms with van der Waals surface area (Å²) >= 11 is 0. The molecule has 1 atom stereocenters. The predicted octanol–water partition coefficient (Wildman–Crippen LogP) is 2.96. The summed E-state index contributed by atoms with van der Waals surface area (Å²) in [6.45, 7) is 2.36. The number of carbonyl (C=O) groups is 1. The number of amides is 1. The van der Waals surface area contributed by atoms with E-state index in [0.29, 0.717) is 18.9 Å². The summed E-state index contributed by atoms with van der Waals surface area (Å²) in [5.74, 6) is -0.747. The maximum atomic E-state index is 13.7. The Morgan fingerprint density at radius 2 is 2.20 bits per heavy atom. The Balaban J connectivity index is 1.89. The molecule has 1 amide bonds.